The van der Waals surface area contributed by atoms with Crippen LogP contribution in [-0.4, -0.2) is 52.3 Å². The summed E-state index contributed by atoms with van der Waals surface area (Å²) in [4.78, 5) is 39.2. The third-order valence-corrected chi connectivity index (χ3v) is 6.49. The summed E-state index contributed by atoms with van der Waals surface area (Å²) < 4.78 is 7.44. The standard InChI is InChI=1S/C23H27N3O4S/c1-2-3-10-26-22(28)20(31-23(26)29)12-16-14-25(19-9-5-4-8-18(16)19)15-21(27)24-13-17-7-6-11-30-17/h4-5,8-9,12,14,17H,2-3,6-7,10-11,13,15H2,1H3,(H,24,27)/b20-12-/t17-/m0/s1. The van der Waals surface area contributed by atoms with Crippen molar-refractivity contribution in [3.05, 3.63) is 40.9 Å². The van der Waals surface area contributed by atoms with Crippen LogP contribution in [0.15, 0.2) is 35.4 Å². The first-order valence-corrected chi connectivity index (χ1v) is 11.6. The van der Waals surface area contributed by atoms with Crippen LogP contribution in [0.25, 0.3) is 17.0 Å². The Kier molecular flexibility index (Phi) is 6.77. The molecule has 2 aromatic rings. The molecule has 1 atom stereocenters. The zero-order valence-corrected chi connectivity index (χ0v) is 18.5. The maximum atomic E-state index is 12.7. The van der Waals surface area contributed by atoms with Gasteiger partial charge in [0.1, 0.15) is 6.54 Å². The van der Waals surface area contributed by atoms with Gasteiger partial charge in [0.15, 0.2) is 0 Å². The highest BCUT2D eigenvalue weighted by Gasteiger charge is 2.34. The van der Waals surface area contributed by atoms with Crippen LogP contribution in [0.4, 0.5) is 4.79 Å². The summed E-state index contributed by atoms with van der Waals surface area (Å²) in [5.41, 5.74) is 1.73. The largest absolute Gasteiger partial charge is 0.376 e. The summed E-state index contributed by atoms with van der Waals surface area (Å²) in [6.07, 6.45) is 7.47. The molecule has 0 radical (unpaired) electrons. The van der Waals surface area contributed by atoms with E-state index in [1.807, 2.05) is 42.0 Å². The van der Waals surface area contributed by atoms with Gasteiger partial charge in [0.2, 0.25) is 5.91 Å². The van der Waals surface area contributed by atoms with E-state index >= 15 is 0 Å². The van der Waals surface area contributed by atoms with Crippen molar-refractivity contribution in [3.63, 3.8) is 0 Å². The van der Waals surface area contributed by atoms with Crippen LogP contribution in [0.2, 0.25) is 0 Å². The Labute approximate surface area is 185 Å². The van der Waals surface area contributed by atoms with Crippen LogP contribution >= 0.6 is 11.8 Å². The number of imide groups is 1. The van der Waals surface area contributed by atoms with Gasteiger partial charge in [-0.3, -0.25) is 19.3 Å². The van der Waals surface area contributed by atoms with Crippen LogP contribution in [-0.2, 0) is 20.9 Å². The highest BCUT2D eigenvalue weighted by atomic mass is 32.2. The normalized spacial score (nSPS) is 20.4. The Hall–Kier alpha value is -2.58. The van der Waals surface area contributed by atoms with E-state index in [4.69, 9.17) is 4.74 Å². The molecular weight excluding hydrogens is 414 g/mol. The molecule has 2 aliphatic heterocycles. The number of carbonyl (C=O) groups excluding carboxylic acids is 3. The smallest absolute Gasteiger partial charge is 0.293 e. The number of para-hydroxylation sites is 1. The molecule has 2 fully saturated rings. The molecule has 7 nitrogen and oxygen atoms in total. The average molecular weight is 442 g/mol. The highest BCUT2D eigenvalue weighted by Crippen LogP contribution is 2.34. The van der Waals surface area contributed by atoms with Gasteiger partial charge >= 0.3 is 0 Å². The van der Waals surface area contributed by atoms with Gasteiger partial charge in [-0.25, -0.2) is 0 Å². The number of hydrogen-bond donors (Lipinski definition) is 1. The zero-order valence-electron chi connectivity index (χ0n) is 17.6. The fourth-order valence-electron chi connectivity index (χ4n) is 3.91. The summed E-state index contributed by atoms with van der Waals surface area (Å²) in [5, 5.41) is 3.67. The fraction of sp³-hybridized carbons (Fsp3) is 0.435. The van der Waals surface area contributed by atoms with E-state index in [1.54, 1.807) is 6.08 Å². The molecule has 0 aliphatic carbocycles. The number of thioether (sulfide) groups is 1. The minimum atomic E-state index is -0.241. The zero-order chi connectivity index (χ0) is 21.8. The van der Waals surface area contributed by atoms with Crippen molar-refractivity contribution in [2.24, 2.45) is 0 Å². The van der Waals surface area contributed by atoms with E-state index in [1.165, 1.54) is 4.90 Å². The maximum absolute atomic E-state index is 12.7. The summed E-state index contributed by atoms with van der Waals surface area (Å²) in [6.45, 7) is 3.94. The van der Waals surface area contributed by atoms with Gasteiger partial charge in [0.05, 0.1) is 11.0 Å². The van der Waals surface area contributed by atoms with Gasteiger partial charge in [-0.2, -0.15) is 0 Å². The average Bonchev–Trinajstić information content (AvgIpc) is 3.46. The lowest BCUT2D eigenvalue weighted by atomic mass is 10.1. The molecule has 4 rings (SSSR count). The molecule has 0 spiro atoms. The second-order valence-corrected chi connectivity index (χ2v) is 8.85. The topological polar surface area (TPSA) is 80.6 Å². The van der Waals surface area contributed by atoms with Crippen molar-refractivity contribution >= 4 is 45.8 Å². The lowest BCUT2D eigenvalue weighted by Gasteiger charge is -2.11. The van der Waals surface area contributed by atoms with Gasteiger partial charge in [0, 0.05) is 42.4 Å². The van der Waals surface area contributed by atoms with E-state index in [9.17, 15) is 14.4 Å². The van der Waals surface area contributed by atoms with Crippen LogP contribution < -0.4 is 5.32 Å². The lowest BCUT2D eigenvalue weighted by molar-refractivity contribution is -0.123. The SMILES string of the molecule is CCCCN1C(=O)S/C(=C\c2cn(CC(=O)NC[C@@H]3CCCO3)c3ccccc23)C1=O. The van der Waals surface area contributed by atoms with Crippen molar-refractivity contribution in [2.45, 2.75) is 45.3 Å². The number of nitrogens with one attached hydrogen (secondary N) is 1. The van der Waals surface area contributed by atoms with Crippen LogP contribution in [0.1, 0.15) is 38.2 Å². The molecule has 0 bridgehead atoms. The summed E-state index contributed by atoms with van der Waals surface area (Å²) in [6, 6.07) is 7.76. The lowest BCUT2D eigenvalue weighted by Crippen LogP contribution is -2.34. The van der Waals surface area contributed by atoms with E-state index in [-0.39, 0.29) is 29.7 Å². The minimum absolute atomic E-state index is 0.0808. The number of amides is 3. The first-order chi connectivity index (χ1) is 15.1. The number of carbonyl (C=O) groups is 3. The molecule has 0 unspecified atom stereocenters. The molecule has 1 aromatic heterocycles. The Morgan fingerprint density at radius 2 is 2.16 bits per heavy atom. The Bertz CT molecular complexity index is 1020. The maximum Gasteiger partial charge on any atom is 0.293 e. The number of benzene rings is 1. The number of nitrogens with zero attached hydrogens (tertiary/aromatic N) is 2. The molecule has 31 heavy (non-hydrogen) atoms. The van der Waals surface area contributed by atoms with E-state index in [2.05, 4.69) is 5.32 Å². The number of rotatable bonds is 8. The van der Waals surface area contributed by atoms with Gasteiger partial charge in [-0.15, -0.1) is 0 Å². The van der Waals surface area contributed by atoms with Gasteiger partial charge in [0.25, 0.3) is 11.1 Å². The monoisotopic (exact) mass is 441 g/mol. The number of hydrogen-bond acceptors (Lipinski definition) is 5. The molecule has 2 saturated heterocycles. The summed E-state index contributed by atoms with van der Waals surface area (Å²) >= 11 is 0.977. The predicted octanol–water partition coefficient (Wildman–Crippen LogP) is 3.77. The quantitative estimate of drug-likeness (QED) is 0.631. The molecule has 8 heteroatoms. The number of fused-ring (bicyclic) bond motifs is 1. The summed E-state index contributed by atoms with van der Waals surface area (Å²) in [5.74, 6) is -0.322. The second-order valence-electron chi connectivity index (χ2n) is 7.86. The van der Waals surface area contributed by atoms with Crippen molar-refractivity contribution in [2.75, 3.05) is 19.7 Å². The first kappa shape index (κ1) is 21.6. The fourth-order valence-corrected chi connectivity index (χ4v) is 4.77. The predicted molar refractivity (Wildman–Crippen MR) is 122 cm³/mol. The number of unbranched alkanes of at least 4 members (excludes halogenated alkanes) is 1. The molecular formula is C23H27N3O4S. The molecule has 0 saturated carbocycles. The van der Waals surface area contributed by atoms with E-state index < -0.39 is 0 Å². The van der Waals surface area contributed by atoms with E-state index in [0.717, 1.165) is 60.5 Å². The van der Waals surface area contributed by atoms with Gasteiger partial charge in [-0.1, -0.05) is 31.5 Å². The molecule has 164 valence electrons. The number of aromatic nitrogens is 1. The Morgan fingerprint density at radius 1 is 1.32 bits per heavy atom. The highest BCUT2D eigenvalue weighted by molar-refractivity contribution is 8.18. The van der Waals surface area contributed by atoms with Crippen molar-refractivity contribution in [3.8, 4) is 0 Å². The molecule has 1 aromatic carbocycles. The van der Waals surface area contributed by atoms with Crippen LogP contribution in [0, 0.1) is 0 Å². The number of ether oxygens (including phenoxy) is 1. The van der Waals surface area contributed by atoms with Gasteiger partial charge < -0.3 is 14.6 Å². The van der Waals surface area contributed by atoms with Crippen molar-refractivity contribution < 1.29 is 19.1 Å². The van der Waals surface area contributed by atoms with Crippen LogP contribution in [0.3, 0.4) is 0 Å². The van der Waals surface area contributed by atoms with Gasteiger partial charge in [-0.05, 0) is 43.2 Å². The van der Waals surface area contributed by atoms with Crippen molar-refractivity contribution in [1.82, 2.24) is 14.8 Å². The molecule has 2 aliphatic rings. The first-order valence-electron chi connectivity index (χ1n) is 10.8. The molecule has 3 amide bonds. The Balaban J connectivity index is 1.52. The third kappa shape index (κ3) is 4.85. The van der Waals surface area contributed by atoms with Crippen molar-refractivity contribution in [1.29, 1.82) is 0 Å². The van der Waals surface area contributed by atoms with Crippen LogP contribution in [0.5, 0.6) is 0 Å². The minimum Gasteiger partial charge on any atom is -0.376 e. The second kappa shape index (κ2) is 9.70. The Morgan fingerprint density at radius 3 is 2.94 bits per heavy atom. The third-order valence-electron chi connectivity index (χ3n) is 5.58. The molecule has 1 N–H and O–H groups in total. The molecule has 3 heterocycles. The van der Waals surface area contributed by atoms with E-state index in [0.29, 0.717) is 18.0 Å². The summed E-state index contributed by atoms with van der Waals surface area (Å²) in [7, 11) is 0.